The number of aliphatic hydroxyl groups excluding tert-OH is 1. The highest BCUT2D eigenvalue weighted by molar-refractivity contribution is 5.87. The molecule has 1 aliphatic rings. The van der Waals surface area contributed by atoms with E-state index in [1.165, 1.54) is 7.11 Å². The molecule has 0 spiro atoms. The van der Waals surface area contributed by atoms with Gasteiger partial charge in [-0.2, -0.15) is 0 Å². The number of ether oxygens (including phenoxy) is 1. The second kappa shape index (κ2) is 6.52. The summed E-state index contributed by atoms with van der Waals surface area (Å²) >= 11 is 0. The molecule has 1 aromatic rings. The molecule has 2 atom stereocenters. The van der Waals surface area contributed by atoms with Crippen molar-refractivity contribution in [2.24, 2.45) is 5.92 Å². The molecule has 1 fully saturated rings. The highest BCUT2D eigenvalue weighted by Gasteiger charge is 2.32. The zero-order chi connectivity index (χ0) is 14.5. The van der Waals surface area contributed by atoms with E-state index < -0.39 is 24.0 Å². The molecular formula is C15H19NO4. The first-order valence-corrected chi connectivity index (χ1v) is 6.73. The van der Waals surface area contributed by atoms with Crippen LogP contribution >= 0.6 is 0 Å². The third-order valence-electron chi connectivity index (χ3n) is 3.43. The molecule has 0 radical (unpaired) electrons. The van der Waals surface area contributed by atoms with Crippen molar-refractivity contribution < 1.29 is 19.4 Å². The Bertz CT molecular complexity index is 470. The molecule has 1 amide bonds. The third kappa shape index (κ3) is 3.81. The van der Waals surface area contributed by atoms with Crippen LogP contribution in [0.4, 0.5) is 0 Å². The molecule has 2 N–H and O–H groups in total. The van der Waals surface area contributed by atoms with Gasteiger partial charge in [0, 0.05) is 0 Å². The summed E-state index contributed by atoms with van der Waals surface area (Å²) in [5.41, 5.74) is 0.500. The average Bonchev–Trinajstić information content (AvgIpc) is 3.29. The van der Waals surface area contributed by atoms with Gasteiger partial charge in [-0.3, -0.25) is 4.79 Å². The first-order chi connectivity index (χ1) is 9.61. The van der Waals surface area contributed by atoms with Crippen molar-refractivity contribution in [1.29, 1.82) is 0 Å². The van der Waals surface area contributed by atoms with E-state index in [1.807, 2.05) is 0 Å². The number of amides is 1. The summed E-state index contributed by atoms with van der Waals surface area (Å²) in [7, 11) is 1.29. The summed E-state index contributed by atoms with van der Waals surface area (Å²) in [6.07, 6.45) is 1.44. The van der Waals surface area contributed by atoms with Crippen molar-refractivity contribution >= 4 is 11.9 Å². The van der Waals surface area contributed by atoms with Crippen LogP contribution in [0.3, 0.4) is 0 Å². The maximum Gasteiger partial charge on any atom is 0.328 e. The summed E-state index contributed by atoms with van der Waals surface area (Å²) in [5, 5.41) is 12.6. The molecule has 0 heterocycles. The number of aliphatic hydroxyl groups is 1. The average molecular weight is 277 g/mol. The molecular weight excluding hydrogens is 258 g/mol. The van der Waals surface area contributed by atoms with Crippen LogP contribution < -0.4 is 5.32 Å². The van der Waals surface area contributed by atoms with Gasteiger partial charge in [0.2, 0.25) is 0 Å². The summed E-state index contributed by atoms with van der Waals surface area (Å²) < 4.78 is 4.69. The molecule has 108 valence electrons. The fourth-order valence-electron chi connectivity index (χ4n) is 2.08. The van der Waals surface area contributed by atoms with Crippen LogP contribution in [-0.4, -0.2) is 30.1 Å². The van der Waals surface area contributed by atoms with Crippen molar-refractivity contribution in [3.63, 3.8) is 0 Å². The van der Waals surface area contributed by atoms with E-state index in [0.29, 0.717) is 17.9 Å². The van der Waals surface area contributed by atoms with Gasteiger partial charge >= 0.3 is 5.97 Å². The van der Waals surface area contributed by atoms with Gasteiger partial charge in [-0.15, -0.1) is 0 Å². The molecule has 1 saturated carbocycles. The predicted octanol–water partition coefficient (Wildman–Crippen LogP) is 1.18. The molecule has 0 saturated heterocycles. The normalized spacial score (nSPS) is 17.1. The summed E-state index contributed by atoms with van der Waals surface area (Å²) in [4.78, 5) is 23.7. The van der Waals surface area contributed by atoms with Crippen LogP contribution in [0.5, 0.6) is 0 Å². The van der Waals surface area contributed by atoms with Crippen LogP contribution in [-0.2, 0) is 14.3 Å². The van der Waals surface area contributed by atoms with E-state index in [9.17, 15) is 14.7 Å². The van der Waals surface area contributed by atoms with Crippen molar-refractivity contribution in [3.05, 3.63) is 35.9 Å². The van der Waals surface area contributed by atoms with E-state index in [4.69, 9.17) is 4.74 Å². The molecule has 1 aromatic carbocycles. The maximum absolute atomic E-state index is 12.0. The van der Waals surface area contributed by atoms with Gasteiger partial charge in [0.1, 0.15) is 6.04 Å². The number of hydrogen-bond acceptors (Lipinski definition) is 4. The van der Waals surface area contributed by atoms with Crippen molar-refractivity contribution in [1.82, 2.24) is 5.32 Å². The topological polar surface area (TPSA) is 75.6 Å². The highest BCUT2D eigenvalue weighted by atomic mass is 16.5. The minimum absolute atomic E-state index is 0.466. The lowest BCUT2D eigenvalue weighted by Gasteiger charge is -2.18. The lowest BCUT2D eigenvalue weighted by molar-refractivity contribution is -0.146. The fourth-order valence-corrected chi connectivity index (χ4v) is 2.08. The molecule has 20 heavy (non-hydrogen) atoms. The monoisotopic (exact) mass is 277 g/mol. The molecule has 5 nitrogen and oxygen atoms in total. The SMILES string of the molecule is COC(=O)[C@H](CC1CC1)NC(=O)[C@@H](O)c1ccccc1. The van der Waals surface area contributed by atoms with Gasteiger partial charge in [0.05, 0.1) is 7.11 Å². The molecule has 1 aliphatic carbocycles. The Morgan fingerprint density at radius 2 is 2.00 bits per heavy atom. The number of hydrogen-bond donors (Lipinski definition) is 2. The lowest BCUT2D eigenvalue weighted by Crippen LogP contribution is -2.44. The molecule has 0 unspecified atom stereocenters. The number of nitrogens with one attached hydrogen (secondary N) is 1. The van der Waals surface area contributed by atoms with E-state index in [1.54, 1.807) is 30.3 Å². The van der Waals surface area contributed by atoms with Crippen LogP contribution in [0.1, 0.15) is 30.9 Å². The van der Waals surface area contributed by atoms with E-state index in [0.717, 1.165) is 12.8 Å². The third-order valence-corrected chi connectivity index (χ3v) is 3.43. The zero-order valence-corrected chi connectivity index (χ0v) is 11.4. The zero-order valence-electron chi connectivity index (χ0n) is 11.4. The quantitative estimate of drug-likeness (QED) is 0.766. The van der Waals surface area contributed by atoms with Gasteiger partial charge in [0.25, 0.3) is 5.91 Å². The standard InChI is InChI=1S/C15H19NO4/c1-20-15(19)12(9-10-7-8-10)16-14(18)13(17)11-5-3-2-4-6-11/h2-6,10,12-13,17H,7-9H2,1H3,(H,16,18)/t12-,13-/m0/s1. The molecule has 2 rings (SSSR count). The number of carbonyl (C=O) groups excluding carboxylic acids is 2. The van der Waals surface area contributed by atoms with Gasteiger partial charge < -0.3 is 15.2 Å². The first-order valence-electron chi connectivity index (χ1n) is 6.73. The minimum Gasteiger partial charge on any atom is -0.467 e. The number of esters is 1. The fraction of sp³-hybridized carbons (Fsp3) is 0.467. The van der Waals surface area contributed by atoms with Crippen molar-refractivity contribution in [3.8, 4) is 0 Å². The Labute approximate surface area is 117 Å². The summed E-state index contributed by atoms with van der Waals surface area (Å²) in [6, 6.07) is 7.94. The second-order valence-corrected chi connectivity index (χ2v) is 5.08. The number of carbonyl (C=O) groups is 2. The molecule has 0 aromatic heterocycles. The van der Waals surface area contributed by atoms with Gasteiger partial charge in [0.15, 0.2) is 6.10 Å². The highest BCUT2D eigenvalue weighted by Crippen LogP contribution is 2.33. The number of rotatable bonds is 6. The van der Waals surface area contributed by atoms with Gasteiger partial charge in [-0.05, 0) is 17.9 Å². The van der Waals surface area contributed by atoms with Crippen molar-refractivity contribution in [2.45, 2.75) is 31.4 Å². The molecule has 0 aliphatic heterocycles. The Kier molecular flexibility index (Phi) is 4.74. The number of methoxy groups -OCH3 is 1. The van der Waals surface area contributed by atoms with Crippen LogP contribution in [0.25, 0.3) is 0 Å². The Balaban J connectivity index is 1.98. The minimum atomic E-state index is -1.28. The van der Waals surface area contributed by atoms with Crippen molar-refractivity contribution in [2.75, 3.05) is 7.11 Å². The Morgan fingerprint density at radius 3 is 2.55 bits per heavy atom. The molecule has 0 bridgehead atoms. The summed E-state index contributed by atoms with van der Waals surface area (Å²) in [5.74, 6) is -0.578. The van der Waals surface area contributed by atoms with E-state index in [2.05, 4.69) is 5.32 Å². The summed E-state index contributed by atoms with van der Waals surface area (Å²) in [6.45, 7) is 0. The van der Waals surface area contributed by atoms with Crippen LogP contribution in [0, 0.1) is 5.92 Å². The van der Waals surface area contributed by atoms with E-state index in [-0.39, 0.29) is 0 Å². The maximum atomic E-state index is 12.0. The number of benzene rings is 1. The largest absolute Gasteiger partial charge is 0.467 e. The predicted molar refractivity (Wildman–Crippen MR) is 72.7 cm³/mol. The van der Waals surface area contributed by atoms with Gasteiger partial charge in [-0.25, -0.2) is 4.79 Å². The first kappa shape index (κ1) is 14.5. The lowest BCUT2D eigenvalue weighted by atomic mass is 10.1. The molecule has 5 heteroatoms. The Morgan fingerprint density at radius 1 is 1.35 bits per heavy atom. The Hall–Kier alpha value is -1.88. The van der Waals surface area contributed by atoms with E-state index >= 15 is 0 Å². The second-order valence-electron chi connectivity index (χ2n) is 5.08. The smallest absolute Gasteiger partial charge is 0.328 e. The van der Waals surface area contributed by atoms with Crippen LogP contribution in [0.2, 0.25) is 0 Å². The van der Waals surface area contributed by atoms with Gasteiger partial charge in [-0.1, -0.05) is 43.2 Å². The van der Waals surface area contributed by atoms with Crippen LogP contribution in [0.15, 0.2) is 30.3 Å².